The third-order valence-electron chi connectivity index (χ3n) is 5.72. The molecule has 1 aliphatic rings. The third-order valence-corrected chi connectivity index (χ3v) is 8.71. The monoisotopic (exact) mass is 469 g/mol. The van der Waals surface area contributed by atoms with Gasteiger partial charge in [-0.1, -0.05) is 31.2 Å². The van der Waals surface area contributed by atoms with Crippen LogP contribution in [-0.2, 0) is 25.1 Å². The molecule has 0 amide bonds. The highest BCUT2D eigenvalue weighted by molar-refractivity contribution is 7.98. The van der Waals surface area contributed by atoms with Gasteiger partial charge in [-0.3, -0.25) is 13.8 Å². The van der Waals surface area contributed by atoms with E-state index in [2.05, 4.69) is 39.3 Å². The Labute approximate surface area is 192 Å². The molecule has 0 radical (unpaired) electrons. The summed E-state index contributed by atoms with van der Waals surface area (Å²) >= 11 is 4.87. The van der Waals surface area contributed by atoms with Crippen LogP contribution in [0.2, 0.25) is 0 Å². The van der Waals surface area contributed by atoms with Gasteiger partial charge in [0, 0.05) is 34.8 Å². The fourth-order valence-corrected chi connectivity index (χ4v) is 6.81. The molecule has 0 fully saturated rings. The van der Waals surface area contributed by atoms with Gasteiger partial charge < -0.3 is 0 Å². The Balaban J connectivity index is 1.41. The highest BCUT2D eigenvalue weighted by atomic mass is 32.2. The van der Waals surface area contributed by atoms with Crippen LogP contribution in [0.5, 0.6) is 0 Å². The first-order valence-electron chi connectivity index (χ1n) is 10.4. The van der Waals surface area contributed by atoms with E-state index >= 15 is 0 Å². The van der Waals surface area contributed by atoms with Gasteiger partial charge in [0.15, 0.2) is 15.9 Å². The Morgan fingerprint density at radius 1 is 1.35 bits per heavy atom. The average molecular weight is 470 g/mol. The Kier molecular flexibility index (Phi) is 5.81. The SMILES string of the molecule is C=CCn1c(SCc2cc(=O)n3ccsc3n2)nnc1-c1cc2c(s1)CC[C@H](CC)C2. The fraction of sp³-hybridized carbons (Fsp3) is 0.364. The number of aromatic nitrogens is 5. The van der Waals surface area contributed by atoms with E-state index in [1.807, 2.05) is 22.8 Å². The van der Waals surface area contributed by atoms with Crippen molar-refractivity contribution >= 4 is 39.4 Å². The number of fused-ring (bicyclic) bond motifs is 2. The molecule has 0 N–H and O–H groups in total. The van der Waals surface area contributed by atoms with E-state index in [-0.39, 0.29) is 5.56 Å². The molecule has 0 unspecified atom stereocenters. The van der Waals surface area contributed by atoms with Crippen molar-refractivity contribution in [3.05, 3.63) is 62.9 Å². The van der Waals surface area contributed by atoms with Crippen LogP contribution in [0, 0.1) is 5.92 Å². The van der Waals surface area contributed by atoms with Crippen LogP contribution in [0.3, 0.4) is 0 Å². The van der Waals surface area contributed by atoms with E-state index in [4.69, 9.17) is 0 Å². The summed E-state index contributed by atoms with van der Waals surface area (Å²) in [5.74, 6) is 2.26. The lowest BCUT2D eigenvalue weighted by atomic mass is 9.87. The molecule has 0 spiro atoms. The normalized spacial score (nSPS) is 16.0. The molecule has 0 aliphatic heterocycles. The Hall–Kier alpha value is -2.23. The Morgan fingerprint density at radius 2 is 2.26 bits per heavy atom. The highest BCUT2D eigenvalue weighted by Crippen LogP contribution is 2.38. The second-order valence-corrected chi connectivity index (χ2v) is 10.7. The predicted octanol–water partition coefficient (Wildman–Crippen LogP) is 5.07. The van der Waals surface area contributed by atoms with Crippen LogP contribution < -0.4 is 5.56 Å². The number of rotatable bonds is 7. The summed E-state index contributed by atoms with van der Waals surface area (Å²) in [6.07, 6.45) is 8.49. The molecule has 4 heterocycles. The van der Waals surface area contributed by atoms with Crippen molar-refractivity contribution < 1.29 is 0 Å². The lowest BCUT2D eigenvalue weighted by molar-refractivity contribution is 0.449. The van der Waals surface area contributed by atoms with Crippen LogP contribution in [-0.4, -0.2) is 24.1 Å². The quantitative estimate of drug-likeness (QED) is 0.279. The van der Waals surface area contributed by atoms with Crippen LogP contribution in [0.4, 0.5) is 0 Å². The summed E-state index contributed by atoms with van der Waals surface area (Å²) in [5, 5.41) is 11.7. The van der Waals surface area contributed by atoms with E-state index in [1.165, 1.54) is 52.3 Å². The maximum Gasteiger partial charge on any atom is 0.258 e. The molecule has 9 heteroatoms. The number of allylic oxidation sites excluding steroid dienone is 1. The minimum Gasteiger partial charge on any atom is -0.297 e. The van der Waals surface area contributed by atoms with Gasteiger partial charge in [-0.25, -0.2) is 4.98 Å². The molecule has 4 aromatic heterocycles. The van der Waals surface area contributed by atoms with Gasteiger partial charge in [0.25, 0.3) is 5.56 Å². The highest BCUT2D eigenvalue weighted by Gasteiger charge is 2.23. The molecule has 0 bridgehead atoms. The number of nitrogens with zero attached hydrogens (tertiary/aromatic N) is 5. The largest absolute Gasteiger partial charge is 0.297 e. The van der Waals surface area contributed by atoms with Crippen molar-refractivity contribution in [3.8, 4) is 10.7 Å². The lowest BCUT2D eigenvalue weighted by Gasteiger charge is -2.19. The van der Waals surface area contributed by atoms with Gasteiger partial charge in [0.05, 0.1) is 10.6 Å². The van der Waals surface area contributed by atoms with Crippen molar-refractivity contribution in [1.82, 2.24) is 24.1 Å². The zero-order valence-corrected chi connectivity index (χ0v) is 19.7. The summed E-state index contributed by atoms with van der Waals surface area (Å²) in [7, 11) is 0. The molecule has 5 rings (SSSR count). The summed E-state index contributed by atoms with van der Waals surface area (Å²) in [4.78, 5) is 20.2. The Bertz CT molecular complexity index is 1300. The number of hydrogen-bond acceptors (Lipinski definition) is 7. The molecule has 0 saturated heterocycles. The zero-order chi connectivity index (χ0) is 21.4. The Morgan fingerprint density at radius 3 is 3.10 bits per heavy atom. The van der Waals surface area contributed by atoms with Gasteiger partial charge in [-0.2, -0.15) is 0 Å². The molecule has 1 atom stereocenters. The van der Waals surface area contributed by atoms with E-state index in [1.54, 1.807) is 28.4 Å². The minimum absolute atomic E-state index is 0.0513. The molecule has 31 heavy (non-hydrogen) atoms. The first-order valence-corrected chi connectivity index (χ1v) is 13.1. The van der Waals surface area contributed by atoms with E-state index in [9.17, 15) is 4.79 Å². The standard InChI is InChI=1S/C22H23N5OS3/c1-3-7-27-20(18-11-15-10-14(4-2)5-6-17(15)31-18)24-25-22(27)30-13-16-12-19(28)26-8-9-29-21(26)23-16/h3,8-9,11-12,14H,1,4-7,10,13H2,2H3/t14-/m0/s1. The predicted molar refractivity (Wildman–Crippen MR) is 128 cm³/mol. The van der Waals surface area contributed by atoms with E-state index in [0.29, 0.717) is 17.3 Å². The van der Waals surface area contributed by atoms with Crippen molar-refractivity contribution in [2.75, 3.05) is 0 Å². The number of thioether (sulfide) groups is 1. The maximum absolute atomic E-state index is 12.2. The second kappa shape index (κ2) is 8.72. The van der Waals surface area contributed by atoms with E-state index in [0.717, 1.165) is 22.6 Å². The van der Waals surface area contributed by atoms with Crippen molar-refractivity contribution in [1.29, 1.82) is 0 Å². The molecule has 160 valence electrons. The molecule has 1 aliphatic carbocycles. The number of aryl methyl sites for hydroxylation is 1. The van der Waals surface area contributed by atoms with Crippen molar-refractivity contribution in [2.24, 2.45) is 5.92 Å². The third kappa shape index (κ3) is 4.02. The molecule has 4 aromatic rings. The minimum atomic E-state index is -0.0513. The molecule has 0 aromatic carbocycles. The summed E-state index contributed by atoms with van der Waals surface area (Å²) in [6, 6.07) is 3.91. The summed E-state index contributed by atoms with van der Waals surface area (Å²) in [6.45, 7) is 6.85. The van der Waals surface area contributed by atoms with Crippen molar-refractivity contribution in [3.63, 3.8) is 0 Å². The van der Waals surface area contributed by atoms with E-state index < -0.39 is 0 Å². The first kappa shape index (κ1) is 20.7. The molecular weight excluding hydrogens is 446 g/mol. The van der Waals surface area contributed by atoms with Gasteiger partial charge >= 0.3 is 0 Å². The number of hydrogen-bond donors (Lipinski definition) is 0. The second-order valence-electron chi connectivity index (χ2n) is 7.71. The van der Waals surface area contributed by atoms with Crippen LogP contribution in [0.15, 0.2) is 46.3 Å². The smallest absolute Gasteiger partial charge is 0.258 e. The fourth-order valence-electron chi connectivity index (χ4n) is 4.03. The van der Waals surface area contributed by atoms with Gasteiger partial charge in [-0.05, 0) is 36.8 Å². The zero-order valence-electron chi connectivity index (χ0n) is 17.3. The maximum atomic E-state index is 12.2. The van der Waals surface area contributed by atoms with Crippen LogP contribution in [0.1, 0.15) is 35.9 Å². The van der Waals surface area contributed by atoms with Crippen molar-refractivity contribution in [2.45, 2.75) is 50.1 Å². The number of thiazole rings is 1. The number of thiophene rings is 1. The molecule has 0 saturated carbocycles. The van der Waals surface area contributed by atoms with Crippen LogP contribution in [0.25, 0.3) is 15.7 Å². The summed E-state index contributed by atoms with van der Waals surface area (Å²) < 4.78 is 3.68. The topological polar surface area (TPSA) is 65.1 Å². The lowest BCUT2D eigenvalue weighted by Crippen LogP contribution is -2.12. The van der Waals surface area contributed by atoms with Crippen LogP contribution >= 0.6 is 34.4 Å². The summed E-state index contributed by atoms with van der Waals surface area (Å²) in [5.41, 5.74) is 2.18. The van der Waals surface area contributed by atoms with Gasteiger partial charge in [0.1, 0.15) is 0 Å². The molecule has 6 nitrogen and oxygen atoms in total. The van der Waals surface area contributed by atoms with Gasteiger partial charge in [0.2, 0.25) is 0 Å². The molecular formula is C22H23N5OS3. The first-order chi connectivity index (χ1) is 15.2. The average Bonchev–Trinajstić information content (AvgIpc) is 3.50. The van der Waals surface area contributed by atoms with Gasteiger partial charge in [-0.15, -0.1) is 39.4 Å².